The molecule has 0 amide bonds. The van der Waals surface area contributed by atoms with Gasteiger partial charge in [0, 0.05) is 5.02 Å². The molecule has 2 fully saturated rings. The Bertz CT molecular complexity index is 412. The molecule has 2 aliphatic rings. The Morgan fingerprint density at radius 1 is 1.12 bits per heavy atom. The van der Waals surface area contributed by atoms with Crippen molar-refractivity contribution in [3.05, 3.63) is 34.9 Å². The summed E-state index contributed by atoms with van der Waals surface area (Å²) in [6.07, 6.45) is 6.98. The van der Waals surface area contributed by atoms with Crippen LogP contribution in [0.15, 0.2) is 24.3 Å². The molecule has 0 heterocycles. The van der Waals surface area contributed by atoms with Crippen LogP contribution in [0.4, 0.5) is 0 Å². The molecule has 92 valence electrons. The lowest BCUT2D eigenvalue weighted by molar-refractivity contribution is 0.189. The molecule has 0 aliphatic heterocycles. The quantitative estimate of drug-likeness (QED) is 0.683. The first-order chi connectivity index (χ1) is 8.03. The molecule has 1 heteroatoms. The van der Waals surface area contributed by atoms with Gasteiger partial charge in [0.05, 0.1) is 0 Å². The lowest BCUT2D eigenvalue weighted by Crippen LogP contribution is -2.24. The average molecular weight is 249 g/mol. The fraction of sp³-hybridized carbons (Fsp3) is 0.625. The maximum atomic E-state index is 5.94. The van der Waals surface area contributed by atoms with E-state index in [4.69, 9.17) is 11.6 Å². The van der Waals surface area contributed by atoms with E-state index in [1.165, 1.54) is 37.7 Å². The maximum absolute atomic E-state index is 5.94. The zero-order valence-corrected chi connectivity index (χ0v) is 11.6. The molecule has 1 aromatic rings. The van der Waals surface area contributed by atoms with Crippen LogP contribution >= 0.6 is 11.6 Å². The summed E-state index contributed by atoms with van der Waals surface area (Å²) in [4.78, 5) is 0. The molecule has 2 aliphatic carbocycles. The van der Waals surface area contributed by atoms with Crippen LogP contribution in [-0.2, 0) is 6.42 Å². The zero-order valence-electron chi connectivity index (χ0n) is 10.8. The standard InChI is InChI=1S/C16H21Cl/c1-15(2)8-7-13(16(15)9-10-16)11-12-3-5-14(17)6-4-12/h3-6,13H,7-11H2,1-2H3. The van der Waals surface area contributed by atoms with Crippen molar-refractivity contribution in [1.82, 2.24) is 0 Å². The van der Waals surface area contributed by atoms with Crippen molar-refractivity contribution in [1.29, 1.82) is 0 Å². The predicted molar refractivity (Wildman–Crippen MR) is 73.3 cm³/mol. The first-order valence-electron chi connectivity index (χ1n) is 6.78. The maximum Gasteiger partial charge on any atom is 0.0406 e. The SMILES string of the molecule is CC1(C)CCC(Cc2ccc(Cl)cc2)C12CC2. The molecule has 0 N–H and O–H groups in total. The highest BCUT2D eigenvalue weighted by atomic mass is 35.5. The summed E-state index contributed by atoms with van der Waals surface area (Å²) in [6.45, 7) is 4.95. The van der Waals surface area contributed by atoms with Gasteiger partial charge in [0.2, 0.25) is 0 Å². The van der Waals surface area contributed by atoms with Gasteiger partial charge in [-0.25, -0.2) is 0 Å². The van der Waals surface area contributed by atoms with Crippen LogP contribution in [0.3, 0.4) is 0 Å². The summed E-state index contributed by atoms with van der Waals surface area (Å²) in [5.41, 5.74) is 2.71. The van der Waals surface area contributed by atoms with Gasteiger partial charge in [0.25, 0.3) is 0 Å². The summed E-state index contributed by atoms with van der Waals surface area (Å²) < 4.78 is 0. The number of hydrogen-bond acceptors (Lipinski definition) is 0. The molecule has 3 rings (SSSR count). The summed E-state index contributed by atoms with van der Waals surface area (Å²) in [5, 5.41) is 0.849. The molecule has 0 bridgehead atoms. The number of halogens is 1. The van der Waals surface area contributed by atoms with Crippen LogP contribution in [-0.4, -0.2) is 0 Å². The van der Waals surface area contributed by atoms with E-state index in [1.54, 1.807) is 0 Å². The second-order valence-corrected chi connectivity index (χ2v) is 7.04. The summed E-state index contributed by atoms with van der Waals surface area (Å²) in [7, 11) is 0. The van der Waals surface area contributed by atoms with E-state index in [0.717, 1.165) is 10.9 Å². The minimum atomic E-state index is 0.574. The average Bonchev–Trinajstić information content (AvgIpc) is 3.04. The fourth-order valence-corrected chi connectivity index (χ4v) is 4.16. The third-order valence-corrected chi connectivity index (χ3v) is 5.68. The van der Waals surface area contributed by atoms with Gasteiger partial charge < -0.3 is 0 Å². The van der Waals surface area contributed by atoms with Crippen molar-refractivity contribution in [2.24, 2.45) is 16.7 Å². The Morgan fingerprint density at radius 3 is 2.35 bits per heavy atom. The molecule has 0 nitrogen and oxygen atoms in total. The Balaban J connectivity index is 1.77. The van der Waals surface area contributed by atoms with E-state index in [1.807, 2.05) is 12.1 Å². The minimum Gasteiger partial charge on any atom is -0.0843 e. The van der Waals surface area contributed by atoms with Crippen LogP contribution in [0, 0.1) is 16.7 Å². The van der Waals surface area contributed by atoms with E-state index in [0.29, 0.717) is 10.8 Å². The number of benzene rings is 1. The van der Waals surface area contributed by atoms with Crippen LogP contribution in [0.25, 0.3) is 0 Å². The van der Waals surface area contributed by atoms with Crippen molar-refractivity contribution in [3.8, 4) is 0 Å². The van der Waals surface area contributed by atoms with Gasteiger partial charge >= 0.3 is 0 Å². The van der Waals surface area contributed by atoms with E-state index >= 15 is 0 Å². The van der Waals surface area contributed by atoms with Crippen LogP contribution in [0.2, 0.25) is 5.02 Å². The molecule has 0 saturated heterocycles. The van der Waals surface area contributed by atoms with Crippen LogP contribution in [0.1, 0.15) is 45.1 Å². The molecule has 1 spiro atoms. The van der Waals surface area contributed by atoms with Crippen molar-refractivity contribution in [3.63, 3.8) is 0 Å². The molecular formula is C16H21Cl. The van der Waals surface area contributed by atoms with Gasteiger partial charge in [-0.1, -0.05) is 37.6 Å². The lowest BCUT2D eigenvalue weighted by Gasteiger charge is -2.31. The minimum absolute atomic E-state index is 0.574. The predicted octanol–water partition coefficient (Wildman–Crippen LogP) is 5.10. The smallest absolute Gasteiger partial charge is 0.0406 e. The summed E-state index contributed by atoms with van der Waals surface area (Å²) in [6, 6.07) is 8.45. The zero-order chi connectivity index (χ0) is 12.1. The monoisotopic (exact) mass is 248 g/mol. The molecule has 1 atom stereocenters. The number of hydrogen-bond donors (Lipinski definition) is 0. The highest BCUT2D eigenvalue weighted by molar-refractivity contribution is 6.30. The summed E-state index contributed by atoms with van der Waals surface area (Å²) in [5.74, 6) is 0.902. The van der Waals surface area contributed by atoms with Crippen molar-refractivity contribution in [2.75, 3.05) is 0 Å². The van der Waals surface area contributed by atoms with Gasteiger partial charge in [-0.05, 0) is 66.5 Å². The van der Waals surface area contributed by atoms with E-state index in [9.17, 15) is 0 Å². The fourth-order valence-electron chi connectivity index (χ4n) is 4.04. The van der Waals surface area contributed by atoms with Gasteiger partial charge in [0.15, 0.2) is 0 Å². The Labute approximate surface area is 109 Å². The third-order valence-electron chi connectivity index (χ3n) is 5.43. The van der Waals surface area contributed by atoms with Crippen LogP contribution in [0.5, 0.6) is 0 Å². The normalized spacial score (nSPS) is 28.5. The largest absolute Gasteiger partial charge is 0.0843 e. The Kier molecular flexibility index (Phi) is 2.56. The van der Waals surface area contributed by atoms with Gasteiger partial charge in [-0.2, -0.15) is 0 Å². The van der Waals surface area contributed by atoms with Crippen LogP contribution < -0.4 is 0 Å². The second-order valence-electron chi connectivity index (χ2n) is 6.61. The van der Waals surface area contributed by atoms with Crippen molar-refractivity contribution >= 4 is 11.6 Å². The molecule has 17 heavy (non-hydrogen) atoms. The molecule has 2 saturated carbocycles. The van der Waals surface area contributed by atoms with E-state index in [-0.39, 0.29) is 0 Å². The van der Waals surface area contributed by atoms with Gasteiger partial charge in [0.1, 0.15) is 0 Å². The Hall–Kier alpha value is -0.490. The first kappa shape index (κ1) is 11.6. The van der Waals surface area contributed by atoms with E-state index in [2.05, 4.69) is 26.0 Å². The molecular weight excluding hydrogens is 228 g/mol. The van der Waals surface area contributed by atoms with E-state index < -0.39 is 0 Å². The van der Waals surface area contributed by atoms with Gasteiger partial charge in [-0.15, -0.1) is 0 Å². The molecule has 1 unspecified atom stereocenters. The number of rotatable bonds is 2. The van der Waals surface area contributed by atoms with Crippen molar-refractivity contribution < 1.29 is 0 Å². The highest BCUT2D eigenvalue weighted by Crippen LogP contribution is 2.70. The molecule has 1 aromatic carbocycles. The van der Waals surface area contributed by atoms with Gasteiger partial charge in [-0.3, -0.25) is 0 Å². The third kappa shape index (κ3) is 1.81. The second kappa shape index (κ2) is 3.75. The molecule has 0 aromatic heterocycles. The molecule has 0 radical (unpaired) electrons. The Morgan fingerprint density at radius 2 is 1.76 bits per heavy atom. The lowest BCUT2D eigenvalue weighted by atomic mass is 9.74. The first-order valence-corrected chi connectivity index (χ1v) is 7.16. The summed E-state index contributed by atoms with van der Waals surface area (Å²) >= 11 is 5.94. The highest BCUT2D eigenvalue weighted by Gasteiger charge is 2.61. The van der Waals surface area contributed by atoms with Crippen molar-refractivity contribution in [2.45, 2.75) is 46.0 Å². The topological polar surface area (TPSA) is 0 Å².